The van der Waals surface area contributed by atoms with Crippen LogP contribution in [0.1, 0.15) is 50.5 Å². The minimum Gasteiger partial charge on any atom is -0.337 e. The summed E-state index contributed by atoms with van der Waals surface area (Å²) >= 11 is 0. The topological polar surface area (TPSA) is 61.4 Å². The summed E-state index contributed by atoms with van der Waals surface area (Å²) in [7, 11) is 0. The van der Waals surface area contributed by atoms with Crippen LogP contribution in [0.2, 0.25) is 0 Å². The molecule has 168 valence electrons. The van der Waals surface area contributed by atoms with Gasteiger partial charge in [-0.25, -0.2) is 4.79 Å². The van der Waals surface area contributed by atoms with Crippen molar-refractivity contribution in [2.75, 3.05) is 11.9 Å². The standard InChI is InChI=1S/C27H33N3O2/c31-25-14-7-13-23-22(19-20-9-3-1-4-10-20)24(15-17-27(23)16-8-18-30(25)27)29-26(32)28-21-11-5-2-6-12-21/h1-6,9-12,22-24H,7-8,13-19H2,(H2,28,29,32)/t22?,23-,24-,27+/m0/s1. The van der Waals surface area contributed by atoms with Crippen LogP contribution in [-0.4, -0.2) is 35.0 Å². The lowest BCUT2D eigenvalue weighted by Crippen LogP contribution is -2.61. The normalized spacial score (nSPS) is 29.6. The van der Waals surface area contributed by atoms with Crippen molar-refractivity contribution in [1.82, 2.24) is 10.2 Å². The van der Waals surface area contributed by atoms with Gasteiger partial charge in [0, 0.05) is 30.2 Å². The molecule has 2 N–H and O–H groups in total. The maximum Gasteiger partial charge on any atom is 0.319 e. The van der Waals surface area contributed by atoms with Gasteiger partial charge in [0.25, 0.3) is 0 Å². The highest BCUT2D eigenvalue weighted by Crippen LogP contribution is 2.52. The first-order valence-corrected chi connectivity index (χ1v) is 12.1. The van der Waals surface area contributed by atoms with E-state index in [9.17, 15) is 9.59 Å². The third-order valence-electron chi connectivity index (χ3n) is 8.01. The van der Waals surface area contributed by atoms with E-state index in [-0.39, 0.29) is 17.6 Å². The van der Waals surface area contributed by atoms with Crippen molar-refractivity contribution in [3.63, 3.8) is 0 Å². The lowest BCUT2D eigenvalue weighted by molar-refractivity contribution is -0.138. The molecule has 2 heterocycles. The second-order valence-corrected chi connectivity index (χ2v) is 9.71. The molecule has 3 aliphatic rings. The van der Waals surface area contributed by atoms with Crippen LogP contribution >= 0.6 is 0 Å². The first kappa shape index (κ1) is 21.0. The number of amides is 3. The Morgan fingerprint density at radius 2 is 1.72 bits per heavy atom. The quantitative estimate of drug-likeness (QED) is 0.716. The highest BCUT2D eigenvalue weighted by atomic mass is 16.2. The molecule has 4 atom stereocenters. The molecule has 1 spiro atoms. The van der Waals surface area contributed by atoms with Crippen molar-refractivity contribution >= 4 is 17.6 Å². The third-order valence-corrected chi connectivity index (χ3v) is 8.01. The molecule has 1 unspecified atom stereocenters. The molecule has 2 aliphatic heterocycles. The highest BCUT2D eigenvalue weighted by molar-refractivity contribution is 5.89. The van der Waals surface area contributed by atoms with Crippen molar-refractivity contribution in [1.29, 1.82) is 0 Å². The highest BCUT2D eigenvalue weighted by Gasteiger charge is 2.56. The zero-order chi connectivity index (χ0) is 22.0. The molecule has 2 saturated heterocycles. The van der Waals surface area contributed by atoms with Gasteiger partial charge in [-0.2, -0.15) is 0 Å². The fourth-order valence-corrected chi connectivity index (χ4v) is 6.70. The fraction of sp³-hybridized carbons (Fsp3) is 0.481. The molecular formula is C27H33N3O2. The third kappa shape index (κ3) is 4.01. The summed E-state index contributed by atoms with van der Waals surface area (Å²) in [6.45, 7) is 0.903. The molecule has 5 nitrogen and oxygen atoms in total. The van der Waals surface area contributed by atoms with Gasteiger partial charge in [0.15, 0.2) is 0 Å². The van der Waals surface area contributed by atoms with Crippen LogP contribution < -0.4 is 10.6 Å². The van der Waals surface area contributed by atoms with Crippen LogP contribution in [0.25, 0.3) is 0 Å². The number of para-hydroxylation sites is 1. The van der Waals surface area contributed by atoms with E-state index in [0.29, 0.717) is 24.2 Å². The van der Waals surface area contributed by atoms with Crippen molar-refractivity contribution in [2.45, 2.75) is 62.9 Å². The Morgan fingerprint density at radius 1 is 0.969 bits per heavy atom. The van der Waals surface area contributed by atoms with Gasteiger partial charge in [0.1, 0.15) is 0 Å². The Labute approximate surface area is 190 Å². The number of carbonyl (C=O) groups excluding carboxylic acids is 2. The van der Waals surface area contributed by atoms with Gasteiger partial charge in [-0.3, -0.25) is 4.79 Å². The number of anilines is 1. The van der Waals surface area contributed by atoms with Crippen LogP contribution in [0, 0.1) is 11.8 Å². The lowest BCUT2D eigenvalue weighted by Gasteiger charge is -2.53. The van der Waals surface area contributed by atoms with Crippen LogP contribution in [0.4, 0.5) is 10.5 Å². The summed E-state index contributed by atoms with van der Waals surface area (Å²) < 4.78 is 0. The Bertz CT molecular complexity index is 948. The molecular weight excluding hydrogens is 398 g/mol. The maximum atomic E-state index is 12.9. The van der Waals surface area contributed by atoms with E-state index in [1.54, 1.807) is 0 Å². The Balaban J connectivity index is 1.41. The van der Waals surface area contributed by atoms with Crippen LogP contribution in [0.5, 0.6) is 0 Å². The SMILES string of the molecule is O=C(Nc1ccccc1)N[C@H]1CC[C@@]23CCCN2C(=O)CCC[C@H]3C1Cc1ccccc1. The molecule has 1 saturated carbocycles. The lowest BCUT2D eigenvalue weighted by atomic mass is 9.61. The van der Waals surface area contributed by atoms with E-state index in [1.807, 2.05) is 30.3 Å². The molecule has 2 aromatic carbocycles. The van der Waals surface area contributed by atoms with Gasteiger partial charge in [0.2, 0.25) is 5.91 Å². The van der Waals surface area contributed by atoms with Crippen LogP contribution in [-0.2, 0) is 11.2 Å². The van der Waals surface area contributed by atoms with E-state index in [0.717, 1.165) is 57.2 Å². The van der Waals surface area contributed by atoms with Gasteiger partial charge < -0.3 is 15.5 Å². The average Bonchev–Trinajstić information content (AvgIpc) is 3.17. The van der Waals surface area contributed by atoms with Crippen LogP contribution in [0.3, 0.4) is 0 Å². The van der Waals surface area contributed by atoms with E-state index < -0.39 is 0 Å². The van der Waals surface area contributed by atoms with E-state index in [1.165, 1.54) is 5.56 Å². The number of nitrogens with zero attached hydrogens (tertiary/aromatic N) is 1. The summed E-state index contributed by atoms with van der Waals surface area (Å²) in [5.74, 6) is 1.09. The monoisotopic (exact) mass is 431 g/mol. The summed E-state index contributed by atoms with van der Waals surface area (Å²) in [5, 5.41) is 6.32. The number of nitrogens with one attached hydrogen (secondary N) is 2. The zero-order valence-corrected chi connectivity index (χ0v) is 18.6. The number of benzene rings is 2. The van der Waals surface area contributed by atoms with E-state index >= 15 is 0 Å². The fourth-order valence-electron chi connectivity index (χ4n) is 6.70. The summed E-state index contributed by atoms with van der Waals surface area (Å²) in [4.78, 5) is 28.1. The van der Waals surface area contributed by atoms with Crippen molar-refractivity contribution in [3.8, 4) is 0 Å². The molecule has 1 aliphatic carbocycles. The summed E-state index contributed by atoms with van der Waals surface area (Å²) in [6, 6.07) is 20.2. The number of rotatable bonds is 4. The molecule has 3 fully saturated rings. The largest absolute Gasteiger partial charge is 0.337 e. The van der Waals surface area contributed by atoms with Gasteiger partial charge in [0.05, 0.1) is 0 Å². The van der Waals surface area contributed by atoms with Crippen molar-refractivity contribution in [2.24, 2.45) is 11.8 Å². The summed E-state index contributed by atoms with van der Waals surface area (Å²) in [5.41, 5.74) is 2.10. The Hall–Kier alpha value is -2.82. The van der Waals surface area contributed by atoms with E-state index in [2.05, 4.69) is 45.9 Å². The molecule has 2 aromatic rings. The number of hydrogen-bond donors (Lipinski definition) is 2. The van der Waals surface area contributed by atoms with E-state index in [4.69, 9.17) is 0 Å². The zero-order valence-electron chi connectivity index (χ0n) is 18.6. The van der Waals surface area contributed by atoms with Crippen LogP contribution in [0.15, 0.2) is 60.7 Å². The Morgan fingerprint density at radius 3 is 2.50 bits per heavy atom. The van der Waals surface area contributed by atoms with Crippen molar-refractivity contribution < 1.29 is 9.59 Å². The molecule has 0 aromatic heterocycles. The maximum absolute atomic E-state index is 12.9. The number of urea groups is 1. The average molecular weight is 432 g/mol. The Kier molecular flexibility index (Phi) is 5.90. The van der Waals surface area contributed by atoms with Gasteiger partial charge in [-0.15, -0.1) is 0 Å². The second kappa shape index (κ2) is 8.97. The second-order valence-electron chi connectivity index (χ2n) is 9.71. The first-order chi connectivity index (χ1) is 15.7. The molecule has 5 rings (SSSR count). The minimum atomic E-state index is -0.136. The molecule has 5 heteroatoms. The summed E-state index contributed by atoms with van der Waals surface area (Å²) in [6.07, 6.45) is 7.75. The minimum absolute atomic E-state index is 0.0128. The first-order valence-electron chi connectivity index (χ1n) is 12.1. The molecule has 0 bridgehead atoms. The van der Waals surface area contributed by atoms with Gasteiger partial charge in [-0.05, 0) is 74.5 Å². The van der Waals surface area contributed by atoms with Gasteiger partial charge >= 0.3 is 6.03 Å². The van der Waals surface area contributed by atoms with Gasteiger partial charge in [-0.1, -0.05) is 48.5 Å². The number of hydrogen-bond acceptors (Lipinski definition) is 2. The van der Waals surface area contributed by atoms with Crippen molar-refractivity contribution in [3.05, 3.63) is 66.2 Å². The smallest absolute Gasteiger partial charge is 0.319 e. The molecule has 0 radical (unpaired) electrons. The molecule has 3 amide bonds. The predicted octanol–water partition coefficient (Wildman–Crippen LogP) is 4.99. The molecule has 32 heavy (non-hydrogen) atoms. The number of carbonyl (C=O) groups is 2. The predicted molar refractivity (Wildman–Crippen MR) is 126 cm³/mol.